The van der Waals surface area contributed by atoms with E-state index in [1.165, 1.54) is 193 Å². The number of rotatable bonds is 57. The fraction of sp³-hybridized carbons (Fsp3) is 0.841. The molecule has 0 aromatic rings. The van der Waals surface area contributed by atoms with Gasteiger partial charge in [-0.1, -0.05) is 249 Å². The standard InChI is InChI=1S/C63H118NO8P/c1-6-8-10-12-14-16-18-20-21-22-23-24-25-26-27-28-29-30-31-32-33-34-35-36-37-38-39-40-41-42-43-44-46-48-50-52-54-56-63(66)72-61(60-71-73(67,68)70-58-57-64(3,4)5)59-69-62(65)55-53-51-49-47-45-19-17-15-13-11-9-7-2/h15,17-18,20,22-23,25-26,61H,6-14,16,19,21,24,27-60H2,1-5H3/p+1/b17-15-,20-18-,23-22-,26-25-. The molecule has 2 unspecified atom stereocenters. The normalized spacial score (nSPS) is 13.6. The number of carbonyl (C=O) groups is 2. The van der Waals surface area contributed by atoms with Gasteiger partial charge in [0.15, 0.2) is 6.10 Å². The minimum Gasteiger partial charge on any atom is -0.462 e. The van der Waals surface area contributed by atoms with Gasteiger partial charge in [-0.2, -0.15) is 0 Å². The molecule has 2 atom stereocenters. The number of hydrogen-bond acceptors (Lipinski definition) is 7. The van der Waals surface area contributed by atoms with Gasteiger partial charge >= 0.3 is 19.8 Å². The molecule has 1 N–H and O–H groups in total. The number of ether oxygens (including phenoxy) is 2. The first-order valence-corrected chi connectivity index (χ1v) is 32.4. The molecule has 428 valence electrons. The summed E-state index contributed by atoms with van der Waals surface area (Å²) < 4.78 is 34.5. The molecule has 0 fully saturated rings. The summed E-state index contributed by atoms with van der Waals surface area (Å²) in [5.41, 5.74) is 0. The first kappa shape index (κ1) is 71.0. The number of quaternary nitrogens is 1. The summed E-state index contributed by atoms with van der Waals surface area (Å²) in [5, 5.41) is 0. The zero-order valence-corrected chi connectivity index (χ0v) is 49.5. The van der Waals surface area contributed by atoms with Crippen LogP contribution in [0, 0.1) is 0 Å². The molecule has 0 aromatic carbocycles. The molecule has 0 rings (SSSR count). The summed E-state index contributed by atoms with van der Waals surface area (Å²) in [5.74, 6) is -0.798. The Morgan fingerprint density at radius 2 is 0.740 bits per heavy atom. The van der Waals surface area contributed by atoms with Gasteiger partial charge in [0.05, 0.1) is 27.7 Å². The van der Waals surface area contributed by atoms with Crippen molar-refractivity contribution in [3.8, 4) is 0 Å². The third-order valence-corrected chi connectivity index (χ3v) is 14.6. The van der Waals surface area contributed by atoms with Crippen LogP contribution in [0.1, 0.15) is 290 Å². The lowest BCUT2D eigenvalue weighted by Gasteiger charge is -2.24. The molecule has 73 heavy (non-hydrogen) atoms. The van der Waals surface area contributed by atoms with Gasteiger partial charge in [-0.15, -0.1) is 0 Å². The van der Waals surface area contributed by atoms with Crippen LogP contribution in [-0.2, 0) is 32.7 Å². The number of carbonyl (C=O) groups excluding carboxylic acids is 2. The fourth-order valence-electron chi connectivity index (χ4n) is 8.78. The molecule has 0 amide bonds. The Balaban J connectivity index is 3.91. The summed E-state index contributed by atoms with van der Waals surface area (Å²) in [4.78, 5) is 35.6. The molecule has 0 aliphatic carbocycles. The largest absolute Gasteiger partial charge is 0.472 e. The van der Waals surface area contributed by atoms with E-state index in [0.29, 0.717) is 17.4 Å². The van der Waals surface area contributed by atoms with Crippen LogP contribution in [0.4, 0.5) is 0 Å². The highest BCUT2D eigenvalue weighted by Crippen LogP contribution is 2.43. The zero-order valence-electron chi connectivity index (χ0n) is 48.6. The van der Waals surface area contributed by atoms with Gasteiger partial charge in [-0.3, -0.25) is 18.6 Å². The van der Waals surface area contributed by atoms with E-state index in [9.17, 15) is 19.0 Å². The average molecular weight is 1050 g/mol. The van der Waals surface area contributed by atoms with Gasteiger partial charge in [-0.05, 0) is 77.0 Å². The van der Waals surface area contributed by atoms with Gasteiger partial charge in [0.1, 0.15) is 19.8 Å². The molecular weight excluding hydrogens is 930 g/mol. The van der Waals surface area contributed by atoms with Crippen molar-refractivity contribution in [2.75, 3.05) is 47.5 Å². The summed E-state index contributed by atoms with van der Waals surface area (Å²) in [6.07, 6.45) is 69.3. The zero-order chi connectivity index (χ0) is 53.5. The molecule has 10 heteroatoms. The van der Waals surface area contributed by atoms with Crippen LogP contribution in [0.2, 0.25) is 0 Å². The maximum Gasteiger partial charge on any atom is 0.472 e. The van der Waals surface area contributed by atoms with Crippen molar-refractivity contribution < 1.29 is 42.1 Å². The Morgan fingerprint density at radius 1 is 0.425 bits per heavy atom. The van der Waals surface area contributed by atoms with Crippen LogP contribution in [0.15, 0.2) is 48.6 Å². The maximum absolute atomic E-state index is 12.8. The second kappa shape index (κ2) is 54.7. The van der Waals surface area contributed by atoms with Crippen molar-refractivity contribution in [3.05, 3.63) is 48.6 Å². The van der Waals surface area contributed by atoms with Crippen molar-refractivity contribution in [1.29, 1.82) is 0 Å². The molecule has 0 heterocycles. The minimum atomic E-state index is -4.38. The van der Waals surface area contributed by atoms with Crippen molar-refractivity contribution in [2.24, 2.45) is 0 Å². The lowest BCUT2D eigenvalue weighted by atomic mass is 10.0. The van der Waals surface area contributed by atoms with E-state index in [2.05, 4.69) is 62.5 Å². The summed E-state index contributed by atoms with van der Waals surface area (Å²) >= 11 is 0. The van der Waals surface area contributed by atoms with E-state index in [1.807, 2.05) is 21.1 Å². The molecule has 0 radical (unpaired) electrons. The Bertz CT molecular complexity index is 1370. The molecule has 9 nitrogen and oxygen atoms in total. The Hall–Kier alpha value is -2.03. The molecule has 0 saturated carbocycles. The van der Waals surface area contributed by atoms with Gasteiger partial charge < -0.3 is 18.9 Å². The molecule has 0 bridgehead atoms. The SMILES string of the molecule is CCCCC/C=C\CCCCCCCC(=O)OCC(COP(=O)(O)OCC[N+](C)(C)C)OC(=O)CCCCCCCCCCCCCCCCCCCCCCCC/C=C\C/C=C\C/C=C\CCCCCCC. The van der Waals surface area contributed by atoms with Gasteiger partial charge in [-0.25, -0.2) is 4.57 Å². The monoisotopic (exact) mass is 1050 g/mol. The number of esters is 2. The van der Waals surface area contributed by atoms with E-state index < -0.39 is 26.5 Å². The third kappa shape index (κ3) is 59.1. The van der Waals surface area contributed by atoms with Crippen LogP contribution in [0.5, 0.6) is 0 Å². The Kier molecular flexibility index (Phi) is 53.2. The van der Waals surface area contributed by atoms with Gasteiger partial charge in [0.25, 0.3) is 0 Å². The minimum absolute atomic E-state index is 0.0317. The van der Waals surface area contributed by atoms with Gasteiger partial charge in [0.2, 0.25) is 0 Å². The average Bonchev–Trinajstić information content (AvgIpc) is 3.35. The molecule has 0 aromatic heterocycles. The molecule has 0 saturated heterocycles. The Labute approximate surface area is 452 Å². The molecular formula is C63H119NO8P+. The van der Waals surface area contributed by atoms with Crippen molar-refractivity contribution in [1.82, 2.24) is 0 Å². The lowest BCUT2D eigenvalue weighted by molar-refractivity contribution is -0.870. The molecule has 0 aliphatic heterocycles. The van der Waals surface area contributed by atoms with E-state index in [1.54, 1.807) is 0 Å². The van der Waals surface area contributed by atoms with Crippen LogP contribution in [0.3, 0.4) is 0 Å². The smallest absolute Gasteiger partial charge is 0.462 e. The third-order valence-electron chi connectivity index (χ3n) is 13.6. The van der Waals surface area contributed by atoms with Gasteiger partial charge in [0, 0.05) is 12.8 Å². The fourth-order valence-corrected chi connectivity index (χ4v) is 9.53. The topological polar surface area (TPSA) is 108 Å². The lowest BCUT2D eigenvalue weighted by Crippen LogP contribution is -2.37. The second-order valence-electron chi connectivity index (χ2n) is 22.1. The number of phosphoric acid groups is 1. The number of unbranched alkanes of at least 4 members (excludes halogenated alkanes) is 35. The van der Waals surface area contributed by atoms with Crippen molar-refractivity contribution >= 4 is 19.8 Å². The Morgan fingerprint density at radius 3 is 1.14 bits per heavy atom. The van der Waals surface area contributed by atoms with Crippen LogP contribution in [0.25, 0.3) is 0 Å². The predicted octanol–water partition coefficient (Wildman–Crippen LogP) is 19.3. The number of hydrogen-bond donors (Lipinski definition) is 1. The molecule has 0 aliphatic rings. The highest BCUT2D eigenvalue weighted by atomic mass is 31.2. The summed E-state index contributed by atoms with van der Waals surface area (Å²) in [6.45, 7) is 4.41. The van der Waals surface area contributed by atoms with E-state index in [-0.39, 0.29) is 32.0 Å². The first-order valence-electron chi connectivity index (χ1n) is 30.9. The van der Waals surface area contributed by atoms with Crippen LogP contribution < -0.4 is 0 Å². The highest BCUT2D eigenvalue weighted by molar-refractivity contribution is 7.47. The molecule has 0 spiro atoms. The maximum atomic E-state index is 12.8. The van der Waals surface area contributed by atoms with E-state index in [0.717, 1.165) is 64.2 Å². The number of phosphoric ester groups is 1. The highest BCUT2D eigenvalue weighted by Gasteiger charge is 2.27. The second-order valence-corrected chi connectivity index (χ2v) is 23.5. The van der Waals surface area contributed by atoms with Crippen LogP contribution >= 0.6 is 7.82 Å². The first-order chi connectivity index (χ1) is 35.5. The quantitative estimate of drug-likeness (QED) is 0.0211. The van der Waals surface area contributed by atoms with Crippen molar-refractivity contribution in [2.45, 2.75) is 296 Å². The summed E-state index contributed by atoms with van der Waals surface area (Å²) in [7, 11) is 1.48. The summed E-state index contributed by atoms with van der Waals surface area (Å²) in [6, 6.07) is 0. The number of nitrogens with zero attached hydrogens (tertiary/aromatic N) is 1. The van der Waals surface area contributed by atoms with E-state index in [4.69, 9.17) is 18.5 Å². The van der Waals surface area contributed by atoms with Crippen LogP contribution in [-0.4, -0.2) is 74.9 Å². The van der Waals surface area contributed by atoms with Crippen molar-refractivity contribution in [3.63, 3.8) is 0 Å². The van der Waals surface area contributed by atoms with E-state index >= 15 is 0 Å². The predicted molar refractivity (Wildman–Crippen MR) is 312 cm³/mol. The number of likely N-dealkylation sites (N-methyl/N-ethyl adjacent to an activating group) is 1. The number of allylic oxidation sites excluding steroid dienone is 8.